The number of nitrogens with zero attached hydrogens (tertiary/aromatic N) is 12. The maximum atomic E-state index is 13.6. The van der Waals surface area contributed by atoms with Crippen molar-refractivity contribution < 1.29 is 50.4 Å². The Kier molecular flexibility index (Phi) is 35.1. The van der Waals surface area contributed by atoms with E-state index in [4.69, 9.17) is 4.52 Å². The molecule has 0 atom stereocenters. The fraction of sp³-hybridized carbons (Fsp3) is 0.319. The predicted octanol–water partition coefficient (Wildman–Crippen LogP) is 16.6. The van der Waals surface area contributed by atoms with E-state index in [0.29, 0.717) is 55.8 Å². The van der Waals surface area contributed by atoms with Gasteiger partial charge in [0.15, 0.2) is 17.3 Å². The summed E-state index contributed by atoms with van der Waals surface area (Å²) >= 11 is 2.32. The van der Waals surface area contributed by atoms with Crippen molar-refractivity contribution in [2.45, 2.75) is 149 Å². The third-order valence-electron chi connectivity index (χ3n) is 13.0. The zero-order valence-corrected chi connectivity index (χ0v) is 59.4. The number of fused-ring (bicyclic) bond motifs is 1. The molecule has 11 rings (SSSR count). The molecule has 0 radical (unpaired) electrons. The number of carbonyl (C=O) groups is 5. The Hall–Kier alpha value is -9.88. The van der Waals surface area contributed by atoms with E-state index in [1.807, 2.05) is 76.2 Å². The Balaban J connectivity index is 0.000000308. The lowest BCUT2D eigenvalue weighted by Crippen LogP contribution is -2.07. The van der Waals surface area contributed by atoms with Crippen LogP contribution in [0.1, 0.15) is 195 Å². The van der Waals surface area contributed by atoms with Crippen molar-refractivity contribution in [3.05, 3.63) is 252 Å². The second-order valence-corrected chi connectivity index (χ2v) is 22.0. The maximum Gasteiger partial charge on any atom is 0.238 e. The molecule has 11 aromatic rings. The van der Waals surface area contributed by atoms with E-state index >= 15 is 0 Å². The number of hydrogen-bond acceptors (Lipinski definition) is 18. The van der Waals surface area contributed by atoms with Crippen LogP contribution in [0.4, 0.5) is 22.0 Å². The fourth-order valence-corrected chi connectivity index (χ4v) is 9.23. The average Bonchev–Trinajstić information content (AvgIpc) is 1.71. The molecule has 18 nitrogen and oxygen atoms in total. The molecule has 5 aromatic carbocycles. The first kappa shape index (κ1) is 81.4. The summed E-state index contributed by atoms with van der Waals surface area (Å²) < 4.78 is 81.1. The van der Waals surface area contributed by atoms with Crippen molar-refractivity contribution in [1.82, 2.24) is 58.4 Å². The summed E-state index contributed by atoms with van der Waals surface area (Å²) in [4.78, 5) is 76.0. The number of Topliss-reactive ketones (excluding diaryl/α,β-unsaturated/α-hetero) is 5. The minimum Gasteiger partial charge on any atom is -0.339 e. The van der Waals surface area contributed by atoms with Crippen LogP contribution in [-0.4, -0.2) is 87.4 Å². The highest BCUT2D eigenvalue weighted by molar-refractivity contribution is 7.14. The fourth-order valence-electron chi connectivity index (χ4n) is 8.24. The van der Waals surface area contributed by atoms with Gasteiger partial charge in [-0.15, -0.1) is 14.8 Å². The molecule has 25 heteroatoms. The van der Waals surface area contributed by atoms with Gasteiger partial charge in [-0.2, -0.15) is 23.8 Å². The summed E-state index contributed by atoms with van der Waals surface area (Å²) in [6, 6.07) is 25.0. The number of halogens is 5. The smallest absolute Gasteiger partial charge is 0.238 e. The van der Waals surface area contributed by atoms with Crippen LogP contribution in [-0.2, 0) is 39.2 Å². The summed E-state index contributed by atoms with van der Waals surface area (Å²) in [5, 5.41) is 15.5. The number of carbonyl (C=O) groups excluding carboxylic acids is 5. The Labute approximate surface area is 571 Å². The molecular weight excluding hydrogens is 1290 g/mol. The van der Waals surface area contributed by atoms with Crippen LogP contribution < -0.4 is 0 Å². The number of benzene rings is 5. The molecule has 6 aromatic heterocycles. The van der Waals surface area contributed by atoms with Crippen LogP contribution >= 0.6 is 23.1 Å². The molecule has 0 fully saturated rings. The Morgan fingerprint density at radius 3 is 1.30 bits per heavy atom. The predicted molar refractivity (Wildman–Crippen MR) is 368 cm³/mol. The largest absolute Gasteiger partial charge is 0.339 e. The zero-order chi connectivity index (χ0) is 72.5. The first-order valence-corrected chi connectivity index (χ1v) is 33.0. The van der Waals surface area contributed by atoms with E-state index in [1.165, 1.54) is 58.7 Å². The monoisotopic (exact) mass is 1370 g/mol. The summed E-state index contributed by atoms with van der Waals surface area (Å²) in [5.74, 6) is -1.38. The van der Waals surface area contributed by atoms with Crippen molar-refractivity contribution >= 4 is 56.9 Å². The molecule has 0 amide bonds. The van der Waals surface area contributed by atoms with Gasteiger partial charge in [0.2, 0.25) is 34.1 Å². The standard InChI is InChI=1S/C16H17FN2O.C13H13FN2O.C12H9FN4OS.C12H11FN2O2.C11H9FN2OS.4C2H6/c1-10(2)13-6-12(4-5-14(13)17)7-16(20)15-9-18-11(3)8-19-15;1-9-7-10(3-4-11(9)14)8-13(17)12-5-6-16(2)15-12;1-7-4-8(2-3-9(7)13)5-10(18)11-15-12-17(16-11)14-6-19-12;1-7-5-9(3-4-10(7)13)6-11(16)12-14-8(2)17-15-12;1-7-4-8(2-3-9(7)12)5-11(15)10-6-13-16-14-10;4*1-2/h4-6,8-10H,7H2,1-3H3;3-7H,8H2,1-2H3;2-4,6H,5H2,1H3;3-5H,6H2,1-2H3;2-4,6H,5H2,1H3;4*1-2H3. The number of aromatic nitrogens is 12. The van der Waals surface area contributed by atoms with E-state index < -0.39 is 0 Å². The molecule has 0 aliphatic heterocycles. The molecule has 0 bridgehead atoms. The van der Waals surface area contributed by atoms with E-state index in [1.54, 1.807) is 131 Å². The number of rotatable bonds is 16. The molecule has 0 saturated heterocycles. The van der Waals surface area contributed by atoms with Gasteiger partial charge >= 0.3 is 0 Å². The van der Waals surface area contributed by atoms with Crippen molar-refractivity contribution in [2.24, 2.45) is 7.05 Å². The summed E-state index contributed by atoms with van der Waals surface area (Å²) in [6.07, 6.45) is 7.19. The van der Waals surface area contributed by atoms with Gasteiger partial charge < -0.3 is 4.52 Å². The van der Waals surface area contributed by atoms with Crippen molar-refractivity contribution in [3.63, 3.8) is 0 Å². The third kappa shape index (κ3) is 26.3. The van der Waals surface area contributed by atoms with E-state index in [0.717, 1.165) is 45.2 Å². The number of aryl methyl sites for hydroxylation is 7. The van der Waals surface area contributed by atoms with Crippen LogP contribution in [0.25, 0.3) is 4.96 Å². The first-order valence-electron chi connectivity index (χ1n) is 31.4. The molecule has 0 unspecified atom stereocenters. The van der Waals surface area contributed by atoms with Crippen molar-refractivity contribution in [3.8, 4) is 0 Å². The Morgan fingerprint density at radius 1 is 0.485 bits per heavy atom. The molecule has 6 heterocycles. The van der Waals surface area contributed by atoms with Crippen LogP contribution in [0.3, 0.4) is 0 Å². The zero-order valence-electron chi connectivity index (χ0n) is 57.8. The van der Waals surface area contributed by atoms with Gasteiger partial charge in [-0.05, 0) is 133 Å². The van der Waals surface area contributed by atoms with Gasteiger partial charge in [0.05, 0.1) is 29.8 Å². The van der Waals surface area contributed by atoms with E-state index in [2.05, 4.69) is 49.1 Å². The van der Waals surface area contributed by atoms with Crippen LogP contribution in [0, 0.1) is 70.6 Å². The molecule has 0 spiro atoms. The lowest BCUT2D eigenvalue weighted by molar-refractivity contribution is 0.0973. The van der Waals surface area contributed by atoms with Gasteiger partial charge in [-0.3, -0.25) is 33.6 Å². The second kappa shape index (κ2) is 41.8. The summed E-state index contributed by atoms with van der Waals surface area (Å²) in [7, 11) is 1.76. The van der Waals surface area contributed by atoms with Crippen LogP contribution in [0.5, 0.6) is 0 Å². The second-order valence-electron chi connectivity index (χ2n) is 20.6. The van der Waals surface area contributed by atoms with Gasteiger partial charge in [0, 0.05) is 58.5 Å². The van der Waals surface area contributed by atoms with Crippen molar-refractivity contribution in [2.75, 3.05) is 0 Å². The minimum absolute atomic E-state index is 0.0587. The molecule has 97 heavy (non-hydrogen) atoms. The van der Waals surface area contributed by atoms with E-state index in [-0.39, 0.29) is 108 Å². The first-order chi connectivity index (χ1) is 46.4. The van der Waals surface area contributed by atoms with Crippen LogP contribution in [0.15, 0.2) is 132 Å². The maximum absolute atomic E-state index is 13.6. The highest BCUT2D eigenvalue weighted by Crippen LogP contribution is 2.22. The molecule has 0 saturated carbocycles. The average molecular weight is 1370 g/mol. The lowest BCUT2D eigenvalue weighted by atomic mass is 9.97. The van der Waals surface area contributed by atoms with Crippen LogP contribution in [0.2, 0.25) is 0 Å². The topological polar surface area (TPSA) is 237 Å². The summed E-state index contributed by atoms with van der Waals surface area (Å²) in [6.45, 7) is 30.0. The van der Waals surface area contributed by atoms with Gasteiger partial charge in [-0.25, -0.2) is 26.9 Å². The van der Waals surface area contributed by atoms with Gasteiger partial charge in [0.25, 0.3) is 0 Å². The minimum atomic E-state index is -0.281. The highest BCUT2D eigenvalue weighted by Gasteiger charge is 2.18. The SMILES string of the molecule is CC.CC.CC.CC.Cc1cc(CC(=O)c2ccn(C)n2)ccc1F.Cc1cc(CC(=O)c2cnsn2)ccc1F.Cc1cc(CC(=O)c2nc3scnn3n2)ccc1F.Cc1cnc(C(=O)Cc2ccc(F)c(C(C)C)c2)cn1.Cc1nc(C(=O)Cc2ccc(F)c(C)c2)no1. The Morgan fingerprint density at radius 2 is 0.918 bits per heavy atom. The lowest BCUT2D eigenvalue weighted by Gasteiger charge is -2.09. The molecule has 514 valence electrons. The van der Waals surface area contributed by atoms with Gasteiger partial charge in [0.1, 0.15) is 51.7 Å². The molecule has 0 N–H and O–H groups in total. The number of hydrogen-bond donors (Lipinski definition) is 0. The van der Waals surface area contributed by atoms with Crippen molar-refractivity contribution in [1.29, 1.82) is 0 Å². The molecule has 0 aliphatic carbocycles. The third-order valence-corrected chi connectivity index (χ3v) is 14.2. The number of ketones is 5. The van der Waals surface area contributed by atoms with E-state index in [9.17, 15) is 45.9 Å². The summed E-state index contributed by atoms with van der Waals surface area (Å²) in [5.41, 5.74) is 10.1. The highest BCUT2D eigenvalue weighted by atomic mass is 32.1. The van der Waals surface area contributed by atoms with Gasteiger partial charge in [-0.1, -0.05) is 146 Å². The normalized spacial score (nSPS) is 10.1. The quantitative estimate of drug-likeness (QED) is 0.0645. The Bertz CT molecular complexity index is 4150. The molecule has 0 aliphatic rings. The molecular formula is C72H83F5N12O6S2.